The summed E-state index contributed by atoms with van der Waals surface area (Å²) in [4.78, 5) is 0. The fourth-order valence-corrected chi connectivity index (χ4v) is 1.86. The Hall–Kier alpha value is -1.72. The van der Waals surface area contributed by atoms with Gasteiger partial charge < -0.3 is 10.5 Å². The van der Waals surface area contributed by atoms with Gasteiger partial charge in [-0.05, 0) is 35.9 Å². The molecule has 0 aliphatic rings. The number of nitrogens with two attached hydrogens (primary N) is 1. The van der Waals surface area contributed by atoms with Crippen LogP contribution in [-0.2, 0) is 12.7 Å². The lowest BCUT2D eigenvalue weighted by Gasteiger charge is -2.11. The monoisotopic (exact) mass is 301 g/mol. The molecule has 0 saturated carbocycles. The van der Waals surface area contributed by atoms with E-state index in [1.54, 1.807) is 18.2 Å². The number of halogens is 4. The van der Waals surface area contributed by atoms with Gasteiger partial charge in [-0.2, -0.15) is 13.2 Å². The number of hydrogen-bond acceptors (Lipinski definition) is 2. The summed E-state index contributed by atoms with van der Waals surface area (Å²) in [7, 11) is 0. The maximum absolute atomic E-state index is 12.6. The lowest BCUT2D eigenvalue weighted by molar-refractivity contribution is -0.137. The van der Waals surface area contributed by atoms with Crippen LogP contribution in [0.4, 0.5) is 13.2 Å². The molecule has 0 atom stereocenters. The predicted molar refractivity (Wildman–Crippen MR) is 70.9 cm³/mol. The number of ether oxygens (including phenoxy) is 1. The molecular formula is C14H11ClF3NO. The molecule has 106 valence electrons. The summed E-state index contributed by atoms with van der Waals surface area (Å²) in [5.41, 5.74) is 5.50. The summed E-state index contributed by atoms with van der Waals surface area (Å²) < 4.78 is 43.1. The van der Waals surface area contributed by atoms with E-state index in [-0.39, 0.29) is 11.5 Å². The third kappa shape index (κ3) is 3.43. The Labute approximate surface area is 118 Å². The Morgan fingerprint density at radius 2 is 1.85 bits per heavy atom. The largest absolute Gasteiger partial charge is 0.456 e. The van der Waals surface area contributed by atoms with Gasteiger partial charge in [0.2, 0.25) is 0 Å². The van der Waals surface area contributed by atoms with Crippen LogP contribution in [0.3, 0.4) is 0 Å². The van der Waals surface area contributed by atoms with Gasteiger partial charge in [0.15, 0.2) is 0 Å². The van der Waals surface area contributed by atoms with E-state index in [1.807, 2.05) is 0 Å². The molecule has 2 nitrogen and oxygen atoms in total. The molecule has 0 amide bonds. The van der Waals surface area contributed by atoms with Crippen LogP contribution in [0.15, 0.2) is 42.5 Å². The molecule has 2 aromatic rings. The van der Waals surface area contributed by atoms with Crippen molar-refractivity contribution in [1.82, 2.24) is 0 Å². The van der Waals surface area contributed by atoms with Gasteiger partial charge >= 0.3 is 6.18 Å². The summed E-state index contributed by atoms with van der Waals surface area (Å²) in [6.45, 7) is 0.323. The van der Waals surface area contributed by atoms with Gasteiger partial charge in [0.1, 0.15) is 11.5 Å². The normalized spacial score (nSPS) is 11.4. The Kier molecular flexibility index (Phi) is 4.20. The lowest BCUT2D eigenvalue weighted by atomic mass is 10.2. The SMILES string of the molecule is NCc1ccc(Oc2cccc(C(F)(F)F)c2)c(Cl)c1. The quantitative estimate of drug-likeness (QED) is 0.898. The second-order valence-corrected chi connectivity index (χ2v) is 4.50. The van der Waals surface area contributed by atoms with E-state index in [0.717, 1.165) is 17.7 Å². The van der Waals surface area contributed by atoms with Crippen LogP contribution in [0.1, 0.15) is 11.1 Å². The molecule has 0 unspecified atom stereocenters. The lowest BCUT2D eigenvalue weighted by Crippen LogP contribution is -2.04. The fourth-order valence-electron chi connectivity index (χ4n) is 1.62. The van der Waals surface area contributed by atoms with Crippen LogP contribution in [0.2, 0.25) is 5.02 Å². The highest BCUT2D eigenvalue weighted by molar-refractivity contribution is 6.32. The molecule has 6 heteroatoms. The molecule has 0 aromatic heterocycles. The zero-order valence-electron chi connectivity index (χ0n) is 10.2. The predicted octanol–water partition coefficient (Wildman–Crippen LogP) is 4.61. The zero-order chi connectivity index (χ0) is 14.8. The molecule has 0 bridgehead atoms. The van der Waals surface area contributed by atoms with Crippen LogP contribution in [-0.4, -0.2) is 0 Å². The number of alkyl halides is 3. The second-order valence-electron chi connectivity index (χ2n) is 4.10. The van der Waals surface area contributed by atoms with Gasteiger partial charge in [-0.15, -0.1) is 0 Å². The van der Waals surface area contributed by atoms with E-state index in [1.165, 1.54) is 12.1 Å². The van der Waals surface area contributed by atoms with Crippen LogP contribution >= 0.6 is 11.6 Å². The first-order valence-electron chi connectivity index (χ1n) is 5.74. The maximum Gasteiger partial charge on any atom is 0.416 e. The Balaban J connectivity index is 2.26. The van der Waals surface area contributed by atoms with Crippen molar-refractivity contribution in [2.75, 3.05) is 0 Å². The molecule has 0 aliphatic heterocycles. The highest BCUT2D eigenvalue weighted by Gasteiger charge is 2.30. The van der Waals surface area contributed by atoms with Gasteiger partial charge in [-0.25, -0.2) is 0 Å². The molecule has 2 N–H and O–H groups in total. The fraction of sp³-hybridized carbons (Fsp3) is 0.143. The number of rotatable bonds is 3. The first-order chi connectivity index (χ1) is 9.40. The third-order valence-electron chi connectivity index (χ3n) is 2.62. The summed E-state index contributed by atoms with van der Waals surface area (Å²) in [5, 5.41) is 0.297. The van der Waals surface area contributed by atoms with Gasteiger partial charge in [0, 0.05) is 6.54 Å². The van der Waals surface area contributed by atoms with Gasteiger partial charge in [0.05, 0.1) is 10.6 Å². The topological polar surface area (TPSA) is 35.2 Å². The van der Waals surface area contributed by atoms with Crippen molar-refractivity contribution in [3.63, 3.8) is 0 Å². The molecule has 2 rings (SSSR count). The smallest absolute Gasteiger partial charge is 0.416 e. The summed E-state index contributed by atoms with van der Waals surface area (Å²) >= 11 is 5.98. The Morgan fingerprint density at radius 3 is 2.45 bits per heavy atom. The standard InChI is InChI=1S/C14H11ClF3NO/c15-12-6-9(8-19)4-5-13(12)20-11-3-1-2-10(7-11)14(16,17)18/h1-7H,8,19H2. The van der Waals surface area contributed by atoms with E-state index in [9.17, 15) is 13.2 Å². The molecule has 0 saturated heterocycles. The van der Waals surface area contributed by atoms with Crippen molar-refractivity contribution in [3.05, 3.63) is 58.6 Å². The Morgan fingerprint density at radius 1 is 1.10 bits per heavy atom. The van der Waals surface area contributed by atoms with Gasteiger partial charge in [0.25, 0.3) is 0 Å². The van der Waals surface area contributed by atoms with Crippen molar-refractivity contribution in [1.29, 1.82) is 0 Å². The van der Waals surface area contributed by atoms with Gasteiger partial charge in [-0.1, -0.05) is 23.7 Å². The first kappa shape index (κ1) is 14.7. The minimum Gasteiger partial charge on any atom is -0.456 e. The van der Waals surface area contributed by atoms with Crippen LogP contribution < -0.4 is 10.5 Å². The maximum atomic E-state index is 12.6. The number of benzene rings is 2. The molecule has 0 heterocycles. The van der Waals surface area contributed by atoms with E-state index >= 15 is 0 Å². The van der Waals surface area contributed by atoms with E-state index in [2.05, 4.69) is 0 Å². The zero-order valence-corrected chi connectivity index (χ0v) is 11.0. The average molecular weight is 302 g/mol. The van der Waals surface area contributed by atoms with Crippen LogP contribution in [0.5, 0.6) is 11.5 Å². The first-order valence-corrected chi connectivity index (χ1v) is 6.11. The molecular weight excluding hydrogens is 291 g/mol. The van der Waals surface area contributed by atoms with Crippen molar-refractivity contribution < 1.29 is 17.9 Å². The molecule has 20 heavy (non-hydrogen) atoms. The molecule has 0 radical (unpaired) electrons. The van der Waals surface area contributed by atoms with Crippen molar-refractivity contribution in [2.24, 2.45) is 5.73 Å². The molecule has 0 fully saturated rings. The van der Waals surface area contributed by atoms with E-state index in [4.69, 9.17) is 22.1 Å². The highest BCUT2D eigenvalue weighted by atomic mass is 35.5. The molecule has 2 aromatic carbocycles. The van der Waals surface area contributed by atoms with Crippen molar-refractivity contribution in [3.8, 4) is 11.5 Å². The minimum atomic E-state index is -4.41. The van der Waals surface area contributed by atoms with Crippen molar-refractivity contribution >= 4 is 11.6 Å². The van der Waals surface area contributed by atoms with Crippen LogP contribution in [0, 0.1) is 0 Å². The van der Waals surface area contributed by atoms with Crippen LogP contribution in [0.25, 0.3) is 0 Å². The summed E-state index contributed by atoms with van der Waals surface area (Å²) in [6, 6.07) is 9.51. The second kappa shape index (κ2) is 5.73. The Bertz CT molecular complexity index is 614. The molecule has 0 spiro atoms. The van der Waals surface area contributed by atoms with E-state index < -0.39 is 11.7 Å². The molecule has 0 aliphatic carbocycles. The third-order valence-corrected chi connectivity index (χ3v) is 2.92. The van der Waals surface area contributed by atoms with Crippen molar-refractivity contribution in [2.45, 2.75) is 12.7 Å². The highest BCUT2D eigenvalue weighted by Crippen LogP contribution is 2.34. The van der Waals surface area contributed by atoms with E-state index in [0.29, 0.717) is 11.6 Å². The summed E-state index contributed by atoms with van der Waals surface area (Å²) in [5.74, 6) is 0.352. The summed E-state index contributed by atoms with van der Waals surface area (Å²) in [6.07, 6.45) is -4.41. The average Bonchev–Trinajstić information content (AvgIpc) is 2.40. The van der Waals surface area contributed by atoms with Gasteiger partial charge in [-0.3, -0.25) is 0 Å². The minimum absolute atomic E-state index is 0.0715. The number of hydrogen-bond donors (Lipinski definition) is 1.